The number of nitrogens with two attached hydrogens (primary N) is 1. The molecule has 5 nitrogen and oxygen atoms in total. The number of pyridine rings is 1. The van der Waals surface area contributed by atoms with Crippen molar-refractivity contribution in [3.05, 3.63) is 88.1 Å². The van der Waals surface area contributed by atoms with E-state index in [0.29, 0.717) is 17.5 Å². The highest BCUT2D eigenvalue weighted by molar-refractivity contribution is 5.89. The SMILES string of the molecule is Cc1ccc(Cc2cnc(-c3ccc(C(N)O)cc3)c(C)c2)c(C(=O)O)c1. The van der Waals surface area contributed by atoms with Gasteiger partial charge in [-0.05, 0) is 48.6 Å². The van der Waals surface area contributed by atoms with E-state index in [1.165, 1.54) is 0 Å². The molecule has 0 saturated carbocycles. The topological polar surface area (TPSA) is 96.4 Å². The maximum atomic E-state index is 11.5. The average Bonchev–Trinajstić information content (AvgIpc) is 2.63. The van der Waals surface area contributed by atoms with Crippen LogP contribution in [-0.4, -0.2) is 21.2 Å². The predicted molar refractivity (Wildman–Crippen MR) is 105 cm³/mol. The number of hydrogen-bond donors (Lipinski definition) is 3. The minimum atomic E-state index is -0.992. The van der Waals surface area contributed by atoms with Gasteiger partial charge in [-0.25, -0.2) is 4.79 Å². The minimum Gasteiger partial charge on any atom is -0.478 e. The molecule has 27 heavy (non-hydrogen) atoms. The summed E-state index contributed by atoms with van der Waals surface area (Å²) in [4.78, 5) is 16.1. The number of hydrogen-bond acceptors (Lipinski definition) is 4. The number of carboxylic acids is 1. The van der Waals surface area contributed by atoms with Crippen molar-refractivity contribution in [2.45, 2.75) is 26.5 Å². The van der Waals surface area contributed by atoms with Crippen molar-refractivity contribution in [1.29, 1.82) is 0 Å². The number of aliphatic hydroxyl groups excluding tert-OH is 1. The van der Waals surface area contributed by atoms with E-state index in [9.17, 15) is 15.0 Å². The van der Waals surface area contributed by atoms with Crippen LogP contribution in [0.3, 0.4) is 0 Å². The predicted octanol–water partition coefficient (Wildman–Crippen LogP) is 3.60. The van der Waals surface area contributed by atoms with Gasteiger partial charge in [0.1, 0.15) is 6.23 Å². The van der Waals surface area contributed by atoms with Gasteiger partial charge in [0.15, 0.2) is 0 Å². The lowest BCUT2D eigenvalue weighted by Gasteiger charge is -2.11. The number of aliphatic hydroxyl groups is 1. The van der Waals surface area contributed by atoms with Crippen LogP contribution in [0.4, 0.5) is 0 Å². The molecule has 0 spiro atoms. The van der Waals surface area contributed by atoms with Gasteiger partial charge in [-0.1, -0.05) is 48.0 Å². The molecule has 1 atom stereocenters. The van der Waals surface area contributed by atoms with Gasteiger partial charge in [0.25, 0.3) is 0 Å². The highest BCUT2D eigenvalue weighted by Gasteiger charge is 2.12. The van der Waals surface area contributed by atoms with Crippen LogP contribution in [-0.2, 0) is 6.42 Å². The molecule has 3 rings (SSSR count). The molecule has 5 heteroatoms. The summed E-state index contributed by atoms with van der Waals surface area (Å²) in [6.45, 7) is 3.86. The van der Waals surface area contributed by atoms with Crippen LogP contribution in [0.5, 0.6) is 0 Å². The first kappa shape index (κ1) is 18.8. The number of nitrogens with zero attached hydrogens (tertiary/aromatic N) is 1. The van der Waals surface area contributed by atoms with Crippen LogP contribution in [0.25, 0.3) is 11.3 Å². The molecular weight excluding hydrogens is 340 g/mol. The first-order chi connectivity index (χ1) is 12.8. The average molecular weight is 362 g/mol. The molecule has 0 aliphatic heterocycles. The molecule has 1 aromatic heterocycles. The van der Waals surface area contributed by atoms with Crippen LogP contribution >= 0.6 is 0 Å². The third-order valence-electron chi connectivity index (χ3n) is 4.55. The maximum absolute atomic E-state index is 11.5. The van der Waals surface area contributed by atoms with Gasteiger partial charge in [0.05, 0.1) is 11.3 Å². The molecule has 0 aliphatic rings. The van der Waals surface area contributed by atoms with E-state index >= 15 is 0 Å². The Morgan fingerprint density at radius 2 is 1.81 bits per heavy atom. The highest BCUT2D eigenvalue weighted by Crippen LogP contribution is 2.24. The Balaban J connectivity index is 1.88. The minimum absolute atomic E-state index is 0.327. The van der Waals surface area contributed by atoms with E-state index in [2.05, 4.69) is 4.98 Å². The zero-order chi connectivity index (χ0) is 19.6. The Morgan fingerprint density at radius 3 is 2.41 bits per heavy atom. The summed E-state index contributed by atoms with van der Waals surface area (Å²) in [5.41, 5.74) is 11.9. The standard InChI is InChI=1S/C22H22N2O3/c1-13-3-4-18(19(9-13)22(26)27)11-15-10-14(2)20(24-12-15)16-5-7-17(8-6-16)21(23)25/h3-10,12,21,25H,11,23H2,1-2H3,(H,26,27). The second-order valence-electron chi connectivity index (χ2n) is 6.72. The lowest BCUT2D eigenvalue weighted by Crippen LogP contribution is -2.08. The summed E-state index contributed by atoms with van der Waals surface area (Å²) in [6, 6.07) is 14.8. The monoisotopic (exact) mass is 362 g/mol. The highest BCUT2D eigenvalue weighted by atomic mass is 16.4. The lowest BCUT2D eigenvalue weighted by atomic mass is 9.97. The number of carbonyl (C=O) groups is 1. The molecule has 0 saturated heterocycles. The zero-order valence-corrected chi connectivity index (χ0v) is 15.3. The molecule has 3 aromatic rings. The molecule has 138 valence electrons. The van der Waals surface area contributed by atoms with E-state index < -0.39 is 12.2 Å². The fourth-order valence-electron chi connectivity index (χ4n) is 3.13. The number of carboxylic acid groups (broad SMARTS) is 1. The van der Waals surface area contributed by atoms with Gasteiger partial charge in [-0.3, -0.25) is 4.98 Å². The van der Waals surface area contributed by atoms with Crippen LogP contribution in [0.15, 0.2) is 54.7 Å². The fourth-order valence-corrected chi connectivity index (χ4v) is 3.13. The van der Waals surface area contributed by atoms with Gasteiger partial charge in [-0.2, -0.15) is 0 Å². The maximum Gasteiger partial charge on any atom is 0.335 e. The molecule has 0 aliphatic carbocycles. The number of benzene rings is 2. The smallest absolute Gasteiger partial charge is 0.335 e. The van der Waals surface area contributed by atoms with Crippen molar-refractivity contribution >= 4 is 5.97 Å². The van der Waals surface area contributed by atoms with E-state index in [1.54, 1.807) is 24.4 Å². The van der Waals surface area contributed by atoms with Gasteiger partial charge >= 0.3 is 5.97 Å². The Kier molecular flexibility index (Phi) is 5.35. The number of aromatic nitrogens is 1. The largest absolute Gasteiger partial charge is 0.478 e. The molecule has 4 N–H and O–H groups in total. The van der Waals surface area contributed by atoms with Crippen molar-refractivity contribution in [3.8, 4) is 11.3 Å². The molecular formula is C22H22N2O3. The number of aromatic carboxylic acids is 1. The van der Waals surface area contributed by atoms with E-state index in [-0.39, 0.29) is 0 Å². The van der Waals surface area contributed by atoms with Crippen LogP contribution in [0.1, 0.15) is 44.4 Å². The van der Waals surface area contributed by atoms with Crippen molar-refractivity contribution < 1.29 is 15.0 Å². The molecule has 1 heterocycles. The van der Waals surface area contributed by atoms with Crippen LogP contribution in [0.2, 0.25) is 0 Å². The van der Waals surface area contributed by atoms with Crippen molar-refractivity contribution in [3.63, 3.8) is 0 Å². The normalized spacial score (nSPS) is 12.0. The summed E-state index contributed by atoms with van der Waals surface area (Å²) in [5.74, 6) is -0.919. The molecule has 0 amide bonds. The number of aryl methyl sites for hydroxylation is 2. The molecule has 1 unspecified atom stereocenters. The summed E-state index contributed by atoms with van der Waals surface area (Å²) in [6.07, 6.45) is 1.29. The third kappa shape index (κ3) is 4.22. The Morgan fingerprint density at radius 1 is 1.11 bits per heavy atom. The lowest BCUT2D eigenvalue weighted by molar-refractivity contribution is 0.0695. The quantitative estimate of drug-likeness (QED) is 0.603. The van der Waals surface area contributed by atoms with Crippen molar-refractivity contribution in [2.75, 3.05) is 0 Å². The fraction of sp³-hybridized carbons (Fsp3) is 0.182. The van der Waals surface area contributed by atoms with E-state index in [1.807, 2.05) is 44.2 Å². The second-order valence-corrected chi connectivity index (χ2v) is 6.72. The van der Waals surface area contributed by atoms with Gasteiger partial charge in [0.2, 0.25) is 0 Å². The summed E-state index contributed by atoms with van der Waals surface area (Å²) >= 11 is 0. The summed E-state index contributed by atoms with van der Waals surface area (Å²) in [7, 11) is 0. The van der Waals surface area contributed by atoms with Gasteiger partial charge in [-0.15, -0.1) is 0 Å². The molecule has 0 radical (unpaired) electrons. The van der Waals surface area contributed by atoms with Gasteiger partial charge < -0.3 is 15.9 Å². The third-order valence-corrected chi connectivity index (χ3v) is 4.55. The molecule has 0 bridgehead atoms. The first-order valence-corrected chi connectivity index (χ1v) is 8.67. The first-order valence-electron chi connectivity index (χ1n) is 8.67. The number of rotatable bonds is 5. The van der Waals surface area contributed by atoms with Crippen LogP contribution in [0, 0.1) is 13.8 Å². The zero-order valence-electron chi connectivity index (χ0n) is 15.3. The molecule has 2 aromatic carbocycles. The molecule has 0 fully saturated rings. The van der Waals surface area contributed by atoms with Crippen molar-refractivity contribution in [1.82, 2.24) is 4.98 Å². The Labute approximate surface area is 158 Å². The Bertz CT molecular complexity index is 979. The van der Waals surface area contributed by atoms with Crippen LogP contribution < -0.4 is 5.73 Å². The second kappa shape index (κ2) is 7.70. The van der Waals surface area contributed by atoms with Crippen molar-refractivity contribution in [2.24, 2.45) is 5.73 Å². The van der Waals surface area contributed by atoms with E-state index in [4.69, 9.17) is 5.73 Å². The van der Waals surface area contributed by atoms with Gasteiger partial charge in [0, 0.05) is 11.8 Å². The van der Waals surface area contributed by atoms with E-state index in [0.717, 1.165) is 33.5 Å². The summed E-state index contributed by atoms with van der Waals surface area (Å²) < 4.78 is 0. The summed E-state index contributed by atoms with van der Waals surface area (Å²) in [5, 5.41) is 18.8. The Hall–Kier alpha value is -3.02.